The molecular weight excluding hydrogens is 268 g/mol. The number of carbonyl (C=O) groups excluding carboxylic acids is 1. The third-order valence-corrected chi connectivity index (χ3v) is 6.33. The first-order chi connectivity index (χ1) is 8.89. The number of hydrogen-bond acceptors (Lipinski definition) is 5. The Labute approximate surface area is 111 Å². The number of benzene rings is 1. The van der Waals surface area contributed by atoms with Crippen LogP contribution in [0.3, 0.4) is 0 Å². The van der Waals surface area contributed by atoms with Crippen molar-refractivity contribution in [1.29, 1.82) is 0 Å². The number of aliphatic hydroxyl groups is 2. The summed E-state index contributed by atoms with van der Waals surface area (Å²) < 4.78 is 23.6. The van der Waals surface area contributed by atoms with Gasteiger partial charge in [0.2, 0.25) is 0 Å². The van der Waals surface area contributed by atoms with Gasteiger partial charge in [-0.1, -0.05) is 17.7 Å². The molecule has 0 aliphatic heterocycles. The Balaban J connectivity index is 2.49. The molecule has 1 fully saturated rings. The molecule has 0 saturated heterocycles. The minimum absolute atomic E-state index is 0.0677. The number of carbonyl (C=O) groups is 1. The van der Waals surface area contributed by atoms with Gasteiger partial charge in [-0.25, -0.2) is 8.42 Å². The monoisotopic (exact) mass is 284 g/mol. The van der Waals surface area contributed by atoms with E-state index in [-0.39, 0.29) is 17.1 Å². The van der Waals surface area contributed by atoms with E-state index in [0.29, 0.717) is 0 Å². The molecular formula is C13H16O5S. The van der Waals surface area contributed by atoms with Crippen molar-refractivity contribution >= 4 is 15.6 Å². The van der Waals surface area contributed by atoms with E-state index in [1.165, 1.54) is 12.1 Å². The summed E-state index contributed by atoms with van der Waals surface area (Å²) in [5.41, 5.74) is 0.917. The highest BCUT2D eigenvalue weighted by molar-refractivity contribution is 7.93. The minimum atomic E-state index is -3.86. The van der Waals surface area contributed by atoms with E-state index in [4.69, 9.17) is 0 Å². The smallest absolute Gasteiger partial charge is 0.187 e. The summed E-state index contributed by atoms with van der Waals surface area (Å²) in [6, 6.07) is 6.23. The first-order valence-corrected chi connectivity index (χ1v) is 7.43. The normalized spacial score (nSPS) is 27.1. The summed E-state index contributed by atoms with van der Waals surface area (Å²) in [6.45, 7) is 0.603. The molecule has 2 atom stereocenters. The summed E-state index contributed by atoms with van der Waals surface area (Å²) in [6.07, 6.45) is -0.245. The van der Waals surface area contributed by atoms with E-state index in [1.54, 1.807) is 12.1 Å². The summed E-state index contributed by atoms with van der Waals surface area (Å²) in [5.74, 6) is -1.36. The first kappa shape index (κ1) is 14.2. The van der Waals surface area contributed by atoms with Crippen LogP contribution in [-0.4, -0.2) is 42.4 Å². The zero-order valence-electron chi connectivity index (χ0n) is 10.5. The highest BCUT2D eigenvalue weighted by atomic mass is 32.2. The Morgan fingerprint density at radius 2 is 1.84 bits per heavy atom. The van der Waals surface area contributed by atoms with Crippen LogP contribution in [0.15, 0.2) is 29.2 Å². The lowest BCUT2D eigenvalue weighted by atomic mass is 9.72. The average Bonchev–Trinajstić information content (AvgIpc) is 2.36. The minimum Gasteiger partial charge on any atom is -0.396 e. The predicted octanol–water partition coefficient (Wildman–Crippen LogP) is 0.0811. The van der Waals surface area contributed by atoms with Crippen LogP contribution in [0, 0.1) is 12.8 Å². The van der Waals surface area contributed by atoms with Crippen molar-refractivity contribution in [3.05, 3.63) is 29.8 Å². The van der Waals surface area contributed by atoms with Crippen LogP contribution in [0.4, 0.5) is 0 Å². The number of rotatable bonds is 4. The lowest BCUT2D eigenvalue weighted by Crippen LogP contribution is -2.63. The first-order valence-electron chi connectivity index (χ1n) is 5.95. The number of hydrogen-bond donors (Lipinski definition) is 2. The fourth-order valence-electron chi connectivity index (χ4n) is 2.46. The topological polar surface area (TPSA) is 91.7 Å². The zero-order valence-corrected chi connectivity index (χ0v) is 11.4. The van der Waals surface area contributed by atoms with E-state index < -0.39 is 33.7 Å². The van der Waals surface area contributed by atoms with Gasteiger partial charge in [0.15, 0.2) is 9.84 Å². The second kappa shape index (κ2) is 4.70. The molecule has 1 aliphatic rings. The molecule has 0 amide bonds. The zero-order chi connectivity index (χ0) is 14.3. The third kappa shape index (κ3) is 1.91. The predicted molar refractivity (Wildman–Crippen MR) is 68.4 cm³/mol. The molecule has 0 spiro atoms. The van der Waals surface area contributed by atoms with Crippen molar-refractivity contribution in [2.45, 2.75) is 23.0 Å². The standard InChI is InChI=1S/C13H16O5S/c1-9-2-4-10(5-3-9)19(17,18)13(8-15)6-12(16)11(13)7-14/h2-5,11,14-15H,6-8H2,1H3. The second-order valence-electron chi connectivity index (χ2n) is 4.92. The Morgan fingerprint density at radius 1 is 1.26 bits per heavy atom. The molecule has 0 aromatic heterocycles. The Hall–Kier alpha value is -1.24. The number of aliphatic hydroxyl groups excluding tert-OH is 2. The van der Waals surface area contributed by atoms with Crippen LogP contribution < -0.4 is 0 Å². The quantitative estimate of drug-likeness (QED) is 0.817. The summed E-state index contributed by atoms with van der Waals surface area (Å²) in [4.78, 5) is 11.5. The van der Waals surface area contributed by atoms with Gasteiger partial charge in [-0.3, -0.25) is 4.79 Å². The fraction of sp³-hybridized carbons (Fsp3) is 0.462. The van der Waals surface area contributed by atoms with E-state index in [1.807, 2.05) is 6.92 Å². The van der Waals surface area contributed by atoms with Crippen molar-refractivity contribution in [2.24, 2.45) is 5.92 Å². The molecule has 2 N–H and O–H groups in total. The van der Waals surface area contributed by atoms with Crippen molar-refractivity contribution < 1.29 is 23.4 Å². The molecule has 0 radical (unpaired) electrons. The van der Waals surface area contributed by atoms with Crippen molar-refractivity contribution in [2.75, 3.05) is 13.2 Å². The van der Waals surface area contributed by atoms with E-state index >= 15 is 0 Å². The molecule has 0 bridgehead atoms. The maximum atomic E-state index is 12.6. The van der Waals surface area contributed by atoms with Gasteiger partial charge < -0.3 is 10.2 Å². The molecule has 5 nitrogen and oxygen atoms in total. The molecule has 1 aromatic rings. The second-order valence-corrected chi connectivity index (χ2v) is 7.21. The highest BCUT2D eigenvalue weighted by Crippen LogP contribution is 2.44. The summed E-state index contributed by atoms with van der Waals surface area (Å²) in [5, 5.41) is 18.6. The average molecular weight is 284 g/mol. The number of sulfone groups is 1. The van der Waals surface area contributed by atoms with Crippen LogP contribution in [0.2, 0.25) is 0 Å². The number of ketones is 1. The van der Waals surface area contributed by atoms with Crippen molar-refractivity contribution in [1.82, 2.24) is 0 Å². The maximum absolute atomic E-state index is 12.6. The molecule has 104 valence electrons. The molecule has 1 saturated carbocycles. The molecule has 0 heterocycles. The largest absolute Gasteiger partial charge is 0.396 e. The van der Waals surface area contributed by atoms with Crippen LogP contribution in [-0.2, 0) is 14.6 Å². The van der Waals surface area contributed by atoms with Gasteiger partial charge in [0.05, 0.1) is 24.0 Å². The Morgan fingerprint density at radius 3 is 2.26 bits per heavy atom. The van der Waals surface area contributed by atoms with Crippen molar-refractivity contribution in [3.8, 4) is 0 Å². The van der Waals surface area contributed by atoms with E-state index in [2.05, 4.69) is 0 Å². The lowest BCUT2D eigenvalue weighted by Gasteiger charge is -2.44. The Kier molecular flexibility index (Phi) is 3.51. The summed E-state index contributed by atoms with van der Waals surface area (Å²) in [7, 11) is -3.86. The maximum Gasteiger partial charge on any atom is 0.187 e. The van der Waals surface area contributed by atoms with Gasteiger partial charge >= 0.3 is 0 Å². The van der Waals surface area contributed by atoms with Gasteiger partial charge in [-0.2, -0.15) is 0 Å². The van der Waals surface area contributed by atoms with Crippen LogP contribution in [0.5, 0.6) is 0 Å². The van der Waals surface area contributed by atoms with Gasteiger partial charge in [0.1, 0.15) is 10.5 Å². The summed E-state index contributed by atoms with van der Waals surface area (Å²) >= 11 is 0. The lowest BCUT2D eigenvalue weighted by molar-refractivity contribution is -0.136. The van der Waals surface area contributed by atoms with E-state index in [0.717, 1.165) is 5.56 Å². The Bertz CT molecular complexity index is 590. The molecule has 2 rings (SSSR count). The van der Waals surface area contributed by atoms with Gasteiger partial charge in [-0.15, -0.1) is 0 Å². The molecule has 1 aliphatic carbocycles. The third-order valence-electron chi connectivity index (χ3n) is 3.81. The molecule has 1 aromatic carbocycles. The van der Waals surface area contributed by atoms with Crippen molar-refractivity contribution in [3.63, 3.8) is 0 Å². The van der Waals surface area contributed by atoms with Crippen LogP contribution in [0.1, 0.15) is 12.0 Å². The number of aryl methyl sites for hydroxylation is 1. The number of Topliss-reactive ketones (excluding diaryl/α,β-unsaturated/α-hetero) is 1. The highest BCUT2D eigenvalue weighted by Gasteiger charge is 2.61. The SMILES string of the molecule is Cc1ccc(S(=O)(=O)C2(CO)CC(=O)C2CO)cc1. The van der Waals surface area contributed by atoms with E-state index in [9.17, 15) is 23.4 Å². The molecule has 2 unspecified atom stereocenters. The van der Waals surface area contributed by atoms with Crippen LogP contribution >= 0.6 is 0 Å². The van der Waals surface area contributed by atoms with Crippen LogP contribution in [0.25, 0.3) is 0 Å². The molecule has 19 heavy (non-hydrogen) atoms. The van der Waals surface area contributed by atoms with Gasteiger partial charge in [0.25, 0.3) is 0 Å². The van der Waals surface area contributed by atoms with Gasteiger partial charge in [-0.05, 0) is 19.1 Å². The fourth-order valence-corrected chi connectivity index (χ4v) is 4.50. The molecule has 6 heteroatoms. The van der Waals surface area contributed by atoms with Gasteiger partial charge in [0, 0.05) is 6.42 Å².